The lowest BCUT2D eigenvalue weighted by atomic mass is 10.0. The summed E-state index contributed by atoms with van der Waals surface area (Å²) in [4.78, 5) is 52.2. The van der Waals surface area contributed by atoms with E-state index in [-0.39, 0.29) is 48.2 Å². The van der Waals surface area contributed by atoms with Gasteiger partial charge in [0.2, 0.25) is 5.43 Å². The summed E-state index contributed by atoms with van der Waals surface area (Å²) < 4.78 is 33.5. The van der Waals surface area contributed by atoms with Crippen LogP contribution in [-0.4, -0.2) is 37.3 Å². The summed E-state index contributed by atoms with van der Waals surface area (Å²) in [5, 5.41) is 2.78. The van der Waals surface area contributed by atoms with Crippen molar-refractivity contribution in [2.45, 2.75) is 39.0 Å². The van der Waals surface area contributed by atoms with Crippen LogP contribution in [0.4, 0.5) is 4.79 Å². The van der Waals surface area contributed by atoms with Gasteiger partial charge in [0, 0.05) is 12.5 Å². The van der Waals surface area contributed by atoms with Crippen LogP contribution in [-0.2, 0) is 32.3 Å². The van der Waals surface area contributed by atoms with Gasteiger partial charge in [0.25, 0.3) is 0 Å². The highest BCUT2D eigenvalue weighted by Crippen LogP contribution is 2.35. The quantitative estimate of drug-likeness (QED) is 0.127. The molecule has 0 bridgehead atoms. The third kappa shape index (κ3) is 8.25. The molecule has 1 N–H and O–H groups in total. The lowest BCUT2D eigenvalue weighted by molar-refractivity contribution is -0.145. The molecule has 0 saturated carbocycles. The molecule has 0 fully saturated rings. The van der Waals surface area contributed by atoms with E-state index >= 15 is 0 Å². The number of carbonyl (C=O) groups excluding carboxylic acids is 3. The maximum atomic E-state index is 13.6. The van der Waals surface area contributed by atoms with Crippen molar-refractivity contribution >= 4 is 29.0 Å². The molecule has 0 aliphatic carbocycles. The molecule has 1 amide bonds. The van der Waals surface area contributed by atoms with Crippen LogP contribution in [0.25, 0.3) is 22.1 Å². The largest absolute Gasteiger partial charge is 0.486 e. The van der Waals surface area contributed by atoms with Crippen LogP contribution in [0.3, 0.4) is 0 Å². The van der Waals surface area contributed by atoms with Crippen molar-refractivity contribution < 1.29 is 42.5 Å². The highest BCUT2D eigenvalue weighted by Gasteiger charge is 2.26. The Hall–Kier alpha value is -6.10. The SMILES string of the molecule is Cc1oc2cc(OC(=O)C(CCC(=O)OCc3ccccc3)NC(=O)OCc3ccccc3)ccc2c(=O)c1-c1ccc2c(c1)OCCO2. The molecule has 4 aromatic carbocycles. The molecule has 1 aliphatic heterocycles. The van der Waals surface area contributed by atoms with E-state index in [4.69, 9.17) is 28.1 Å². The van der Waals surface area contributed by atoms with E-state index in [0.717, 1.165) is 11.1 Å². The van der Waals surface area contributed by atoms with E-state index in [1.807, 2.05) is 48.5 Å². The summed E-state index contributed by atoms with van der Waals surface area (Å²) in [6.07, 6.45) is -1.16. The molecule has 0 saturated heterocycles. The summed E-state index contributed by atoms with van der Waals surface area (Å²) in [6.45, 7) is 2.58. The Morgan fingerprint density at radius 3 is 2.18 bits per heavy atom. The number of carbonyl (C=O) groups is 3. The number of amides is 1. The summed E-state index contributed by atoms with van der Waals surface area (Å²) in [5.41, 5.74) is 2.47. The van der Waals surface area contributed by atoms with Crippen LogP contribution >= 0.6 is 0 Å². The number of benzene rings is 4. The first-order valence-corrected chi connectivity index (χ1v) is 15.7. The first-order valence-electron chi connectivity index (χ1n) is 15.7. The fourth-order valence-corrected chi connectivity index (χ4v) is 5.30. The van der Waals surface area contributed by atoms with Gasteiger partial charge in [-0.1, -0.05) is 66.7 Å². The first-order chi connectivity index (χ1) is 23.8. The zero-order chi connectivity index (χ0) is 34.2. The minimum Gasteiger partial charge on any atom is -0.486 e. The van der Waals surface area contributed by atoms with E-state index in [2.05, 4.69) is 5.32 Å². The van der Waals surface area contributed by atoms with Crippen molar-refractivity contribution in [2.24, 2.45) is 0 Å². The molecule has 49 heavy (non-hydrogen) atoms. The van der Waals surface area contributed by atoms with Crippen LogP contribution in [0.5, 0.6) is 17.2 Å². The average molecular weight is 664 g/mol. The van der Waals surface area contributed by atoms with E-state index in [1.54, 1.807) is 37.3 Å². The molecule has 0 spiro atoms. The standard InChI is InChI=1S/C38H33NO10/c1-24-35(27-12-16-31-33(20-27)45-19-18-44-31)36(41)29-14-13-28(21-32(29)48-24)49-37(42)30(39-38(43)47-23-26-10-6-3-7-11-26)15-17-34(40)46-22-25-8-4-2-5-9-25/h2-14,16,20-21,30H,15,17-19,22-23H2,1H3,(H,39,43). The van der Waals surface area contributed by atoms with E-state index in [1.165, 1.54) is 18.2 Å². The molecular weight excluding hydrogens is 630 g/mol. The predicted octanol–water partition coefficient (Wildman–Crippen LogP) is 6.26. The van der Waals surface area contributed by atoms with Gasteiger partial charge in [-0.05, 0) is 54.3 Å². The maximum absolute atomic E-state index is 13.6. The molecule has 1 atom stereocenters. The normalized spacial score (nSPS) is 12.5. The molecule has 1 unspecified atom stereocenters. The molecular formula is C38H33NO10. The Morgan fingerprint density at radius 1 is 0.796 bits per heavy atom. The minimum atomic E-state index is -1.26. The van der Waals surface area contributed by atoms with Gasteiger partial charge in [-0.3, -0.25) is 9.59 Å². The van der Waals surface area contributed by atoms with Gasteiger partial charge < -0.3 is 33.4 Å². The van der Waals surface area contributed by atoms with Crippen molar-refractivity contribution in [3.05, 3.63) is 124 Å². The highest BCUT2D eigenvalue weighted by atomic mass is 16.6. The average Bonchev–Trinajstić information content (AvgIpc) is 3.12. The summed E-state index contributed by atoms with van der Waals surface area (Å²) in [7, 11) is 0. The number of rotatable bonds is 11. The monoisotopic (exact) mass is 663 g/mol. The van der Waals surface area contributed by atoms with Gasteiger partial charge in [-0.2, -0.15) is 0 Å². The van der Waals surface area contributed by atoms with Gasteiger partial charge in [-0.25, -0.2) is 9.59 Å². The number of ether oxygens (including phenoxy) is 5. The van der Waals surface area contributed by atoms with E-state index in [0.29, 0.717) is 41.6 Å². The number of nitrogens with one attached hydrogen (secondary N) is 1. The van der Waals surface area contributed by atoms with Crippen LogP contribution in [0.2, 0.25) is 0 Å². The second-order valence-corrected chi connectivity index (χ2v) is 11.2. The molecule has 250 valence electrons. The van der Waals surface area contributed by atoms with Gasteiger partial charge >= 0.3 is 18.0 Å². The Labute approximate surface area is 281 Å². The van der Waals surface area contributed by atoms with Crippen molar-refractivity contribution in [1.82, 2.24) is 5.32 Å². The second kappa shape index (κ2) is 15.2. The fraction of sp³-hybridized carbons (Fsp3) is 0.211. The van der Waals surface area contributed by atoms with Crippen LogP contribution in [0, 0.1) is 6.92 Å². The second-order valence-electron chi connectivity index (χ2n) is 11.2. The van der Waals surface area contributed by atoms with Crippen molar-refractivity contribution in [3.8, 4) is 28.4 Å². The first kappa shape index (κ1) is 32.8. The Kier molecular flexibility index (Phi) is 10.2. The molecule has 1 aromatic heterocycles. The molecule has 2 heterocycles. The fourth-order valence-electron chi connectivity index (χ4n) is 5.30. The number of hydrogen-bond acceptors (Lipinski definition) is 10. The molecule has 6 rings (SSSR count). The Morgan fingerprint density at radius 2 is 1.47 bits per heavy atom. The molecule has 11 nitrogen and oxygen atoms in total. The lowest BCUT2D eigenvalue weighted by Crippen LogP contribution is -2.43. The van der Waals surface area contributed by atoms with Crippen LogP contribution < -0.4 is 25.0 Å². The molecule has 0 radical (unpaired) electrons. The zero-order valence-electron chi connectivity index (χ0n) is 26.6. The van der Waals surface area contributed by atoms with Gasteiger partial charge in [0.15, 0.2) is 11.5 Å². The summed E-state index contributed by atoms with van der Waals surface area (Å²) in [5.74, 6) is 0.166. The minimum absolute atomic E-state index is 0.0230. The number of alkyl carbamates (subject to hydrolysis) is 1. The molecule has 1 aliphatic rings. The highest BCUT2D eigenvalue weighted by molar-refractivity contribution is 5.87. The van der Waals surface area contributed by atoms with Gasteiger partial charge in [-0.15, -0.1) is 0 Å². The van der Waals surface area contributed by atoms with E-state index in [9.17, 15) is 19.2 Å². The van der Waals surface area contributed by atoms with Crippen molar-refractivity contribution in [3.63, 3.8) is 0 Å². The third-order valence-corrected chi connectivity index (χ3v) is 7.76. The third-order valence-electron chi connectivity index (χ3n) is 7.76. The molecule has 5 aromatic rings. The van der Waals surface area contributed by atoms with Crippen molar-refractivity contribution in [2.75, 3.05) is 13.2 Å². The summed E-state index contributed by atoms with van der Waals surface area (Å²) in [6, 6.07) is 26.6. The number of aryl methyl sites for hydroxylation is 1. The van der Waals surface area contributed by atoms with E-state index < -0.39 is 24.1 Å². The maximum Gasteiger partial charge on any atom is 0.408 e. The number of esters is 2. The van der Waals surface area contributed by atoms with Crippen LogP contribution in [0.15, 0.2) is 106 Å². The van der Waals surface area contributed by atoms with Crippen LogP contribution in [0.1, 0.15) is 29.7 Å². The number of hydrogen-bond donors (Lipinski definition) is 1. The Balaban J connectivity index is 1.16. The topological polar surface area (TPSA) is 140 Å². The van der Waals surface area contributed by atoms with Gasteiger partial charge in [0.1, 0.15) is 49.6 Å². The zero-order valence-corrected chi connectivity index (χ0v) is 26.6. The smallest absolute Gasteiger partial charge is 0.408 e. The molecule has 11 heteroatoms. The van der Waals surface area contributed by atoms with Gasteiger partial charge in [0.05, 0.1) is 10.9 Å². The predicted molar refractivity (Wildman–Crippen MR) is 178 cm³/mol. The number of fused-ring (bicyclic) bond motifs is 2. The lowest BCUT2D eigenvalue weighted by Gasteiger charge is -2.19. The summed E-state index contributed by atoms with van der Waals surface area (Å²) >= 11 is 0. The van der Waals surface area contributed by atoms with Crippen molar-refractivity contribution in [1.29, 1.82) is 0 Å². The Bertz CT molecular complexity index is 2020.